The SMILES string of the molecule is CC(C)OC(=O)[C@H](C)NP(=O)(OC[C@@]1(C(F)F)O[C@@H](N2C=C(F)C(=O)CC2=O)[C@H](O)[C@H]1O)Oc1cccc2ccccc12. The number of Topliss-reactive ketones (excluding diaryl/α,β-unsaturated/α-hetero) is 1. The van der Waals surface area contributed by atoms with Crippen molar-refractivity contribution in [1.29, 1.82) is 0 Å². The van der Waals surface area contributed by atoms with Crippen LogP contribution in [0.3, 0.4) is 0 Å². The molecular formula is C27H30F3N2O10P. The van der Waals surface area contributed by atoms with E-state index in [1.807, 2.05) is 0 Å². The average Bonchev–Trinajstić information content (AvgIpc) is 3.20. The monoisotopic (exact) mass is 630 g/mol. The number of esters is 1. The van der Waals surface area contributed by atoms with E-state index in [1.165, 1.54) is 13.0 Å². The topological polar surface area (TPSA) is 161 Å². The normalized spacial score (nSPS) is 26.5. The molecule has 0 aliphatic carbocycles. The number of fused-ring (bicyclic) bond motifs is 1. The number of halogens is 3. The van der Waals surface area contributed by atoms with Gasteiger partial charge in [-0.25, -0.2) is 17.7 Å². The molecule has 4 rings (SSSR count). The Hall–Kier alpha value is -3.33. The highest BCUT2D eigenvalue weighted by Crippen LogP contribution is 2.49. The van der Waals surface area contributed by atoms with Crippen LogP contribution in [-0.2, 0) is 32.9 Å². The summed E-state index contributed by atoms with van der Waals surface area (Å²) in [7, 11) is -4.82. The van der Waals surface area contributed by atoms with E-state index in [9.17, 15) is 42.3 Å². The number of ether oxygens (including phenoxy) is 2. The van der Waals surface area contributed by atoms with Crippen molar-refractivity contribution in [3.63, 3.8) is 0 Å². The molecule has 2 aromatic rings. The quantitative estimate of drug-likeness (QED) is 0.190. The molecule has 2 heterocycles. The van der Waals surface area contributed by atoms with E-state index in [0.717, 1.165) is 0 Å². The molecular weight excluding hydrogens is 600 g/mol. The van der Waals surface area contributed by atoms with Gasteiger partial charge in [-0.3, -0.25) is 23.8 Å². The largest absolute Gasteiger partial charge is 0.462 e. The van der Waals surface area contributed by atoms with Gasteiger partial charge in [0, 0.05) is 11.6 Å². The molecule has 1 amide bonds. The minimum absolute atomic E-state index is 0.0144. The lowest BCUT2D eigenvalue weighted by Gasteiger charge is -2.33. The number of nitrogens with zero attached hydrogens (tertiary/aromatic N) is 1. The van der Waals surface area contributed by atoms with Crippen molar-refractivity contribution in [2.75, 3.05) is 6.61 Å². The van der Waals surface area contributed by atoms with Crippen molar-refractivity contribution in [1.82, 2.24) is 9.99 Å². The molecule has 0 saturated carbocycles. The molecule has 12 nitrogen and oxygen atoms in total. The number of aliphatic hydroxyl groups is 2. The van der Waals surface area contributed by atoms with Gasteiger partial charge in [0.1, 0.15) is 24.0 Å². The molecule has 0 radical (unpaired) electrons. The molecule has 2 aliphatic heterocycles. The zero-order valence-electron chi connectivity index (χ0n) is 23.2. The molecule has 2 aromatic carbocycles. The molecule has 0 aromatic heterocycles. The highest BCUT2D eigenvalue weighted by atomic mass is 31.2. The standard InChI is InChI=1S/C27H30F3N2O10P/c1-14(2)40-25(37)15(3)31-43(38,42-20-10-6-8-16-7-4-5-9-17(16)20)39-13-27(26(29)30)23(36)22(35)24(41-27)32-12-18(28)19(33)11-21(32)34/h4-10,12,14-15,22-24,26,35-36H,11,13H2,1-3H3,(H,31,38)/t15-,22+,23+,24+,27+,43?/m0/s1. The van der Waals surface area contributed by atoms with Gasteiger partial charge in [0.25, 0.3) is 6.43 Å². The smallest absolute Gasteiger partial charge is 0.459 e. The molecule has 43 heavy (non-hydrogen) atoms. The highest BCUT2D eigenvalue weighted by Gasteiger charge is 2.63. The summed E-state index contributed by atoms with van der Waals surface area (Å²) in [4.78, 5) is 36.7. The predicted octanol–water partition coefficient (Wildman–Crippen LogP) is 2.97. The minimum atomic E-state index is -4.82. The van der Waals surface area contributed by atoms with Gasteiger partial charge in [-0.05, 0) is 32.2 Å². The van der Waals surface area contributed by atoms with Crippen LogP contribution in [0.2, 0.25) is 0 Å². The Morgan fingerprint density at radius 3 is 2.51 bits per heavy atom. The Morgan fingerprint density at radius 2 is 1.84 bits per heavy atom. The van der Waals surface area contributed by atoms with Crippen molar-refractivity contribution >= 4 is 36.2 Å². The summed E-state index contributed by atoms with van der Waals surface area (Å²) < 4.78 is 78.6. The Balaban J connectivity index is 1.66. The number of rotatable bonds is 11. The van der Waals surface area contributed by atoms with Gasteiger partial charge in [0.15, 0.2) is 17.7 Å². The third-order valence-electron chi connectivity index (χ3n) is 6.70. The van der Waals surface area contributed by atoms with Crippen molar-refractivity contribution < 1.29 is 60.9 Å². The molecule has 6 atom stereocenters. The first-order valence-corrected chi connectivity index (χ1v) is 14.7. The van der Waals surface area contributed by atoms with Crippen LogP contribution in [0.15, 0.2) is 54.5 Å². The van der Waals surface area contributed by atoms with Gasteiger partial charge in [-0.2, -0.15) is 5.09 Å². The van der Waals surface area contributed by atoms with E-state index < -0.39 is 86.9 Å². The summed E-state index contributed by atoms with van der Waals surface area (Å²) in [5.41, 5.74) is -3.13. The summed E-state index contributed by atoms with van der Waals surface area (Å²) >= 11 is 0. The van der Waals surface area contributed by atoms with Crippen LogP contribution in [0.25, 0.3) is 10.8 Å². The first kappa shape index (κ1) is 32.6. The third kappa shape index (κ3) is 6.77. The van der Waals surface area contributed by atoms with Gasteiger partial charge >= 0.3 is 13.7 Å². The number of alkyl halides is 2. The van der Waals surface area contributed by atoms with Crippen molar-refractivity contribution in [2.24, 2.45) is 0 Å². The van der Waals surface area contributed by atoms with Crippen LogP contribution >= 0.6 is 7.75 Å². The second-order valence-corrected chi connectivity index (χ2v) is 11.9. The lowest BCUT2D eigenvalue weighted by molar-refractivity contribution is -0.200. The number of carbonyl (C=O) groups is 3. The average molecular weight is 631 g/mol. The van der Waals surface area contributed by atoms with Crippen LogP contribution < -0.4 is 9.61 Å². The molecule has 1 fully saturated rings. The van der Waals surface area contributed by atoms with E-state index in [0.29, 0.717) is 21.9 Å². The number of hydrogen-bond acceptors (Lipinski definition) is 10. The van der Waals surface area contributed by atoms with E-state index in [4.69, 9.17) is 18.5 Å². The summed E-state index contributed by atoms with van der Waals surface area (Å²) in [6, 6.07) is 10.1. The molecule has 3 N–H and O–H groups in total. The fourth-order valence-electron chi connectivity index (χ4n) is 4.49. The van der Waals surface area contributed by atoms with Gasteiger partial charge in [-0.1, -0.05) is 36.4 Å². The second kappa shape index (κ2) is 12.7. The maximum atomic E-state index is 14.6. The second-order valence-electron chi connectivity index (χ2n) is 10.3. The molecule has 0 spiro atoms. The fraction of sp³-hybridized carbons (Fsp3) is 0.444. The van der Waals surface area contributed by atoms with E-state index >= 15 is 0 Å². The van der Waals surface area contributed by atoms with Crippen LogP contribution in [0.4, 0.5) is 13.2 Å². The first-order chi connectivity index (χ1) is 20.2. The lowest BCUT2D eigenvalue weighted by atomic mass is 9.96. The van der Waals surface area contributed by atoms with Crippen molar-refractivity contribution in [3.05, 3.63) is 54.5 Å². The van der Waals surface area contributed by atoms with E-state index in [2.05, 4.69) is 5.09 Å². The molecule has 2 aliphatic rings. The van der Waals surface area contributed by atoms with Crippen LogP contribution in [-0.4, -0.2) is 82.0 Å². The van der Waals surface area contributed by atoms with Gasteiger partial charge < -0.3 is 24.2 Å². The van der Waals surface area contributed by atoms with Crippen LogP contribution in [0.1, 0.15) is 27.2 Å². The first-order valence-electron chi connectivity index (χ1n) is 13.1. The number of nitrogens with one attached hydrogen (secondary N) is 1. The predicted molar refractivity (Wildman–Crippen MR) is 143 cm³/mol. The van der Waals surface area contributed by atoms with Gasteiger partial charge in [0.05, 0.1) is 19.1 Å². The minimum Gasteiger partial charge on any atom is -0.462 e. The summed E-state index contributed by atoms with van der Waals surface area (Å²) in [5.74, 6) is -4.53. The molecule has 0 bridgehead atoms. The number of aliphatic hydroxyl groups excluding tert-OH is 2. The summed E-state index contributed by atoms with van der Waals surface area (Å²) in [6.45, 7) is 3.00. The zero-order valence-corrected chi connectivity index (χ0v) is 24.1. The zero-order chi connectivity index (χ0) is 31.7. The Kier molecular flexibility index (Phi) is 9.64. The molecule has 1 saturated heterocycles. The van der Waals surface area contributed by atoms with Crippen molar-refractivity contribution in [3.8, 4) is 5.75 Å². The number of carbonyl (C=O) groups excluding carboxylic acids is 3. The molecule has 234 valence electrons. The number of allylic oxidation sites excluding steroid dienone is 1. The van der Waals surface area contributed by atoms with E-state index in [-0.39, 0.29) is 5.75 Å². The third-order valence-corrected chi connectivity index (χ3v) is 8.31. The number of ketones is 1. The fourth-order valence-corrected chi connectivity index (χ4v) is 6.04. The molecule has 16 heteroatoms. The molecule has 1 unspecified atom stereocenters. The summed E-state index contributed by atoms with van der Waals surface area (Å²) in [6.07, 6.45) is -11.5. The summed E-state index contributed by atoms with van der Waals surface area (Å²) in [5, 5.41) is 24.7. The Morgan fingerprint density at radius 1 is 1.16 bits per heavy atom. The van der Waals surface area contributed by atoms with Gasteiger partial charge in [-0.15, -0.1) is 0 Å². The number of amides is 1. The maximum absolute atomic E-state index is 14.6. The van der Waals surface area contributed by atoms with Crippen LogP contribution in [0, 0.1) is 0 Å². The maximum Gasteiger partial charge on any atom is 0.459 e. The van der Waals surface area contributed by atoms with Crippen LogP contribution in [0.5, 0.6) is 5.75 Å². The lowest BCUT2D eigenvalue weighted by Crippen LogP contribution is -2.53. The van der Waals surface area contributed by atoms with Crippen molar-refractivity contribution in [2.45, 2.75) is 69.8 Å². The Labute approximate surface area is 243 Å². The Bertz CT molecular complexity index is 1470. The van der Waals surface area contributed by atoms with E-state index in [1.54, 1.807) is 50.2 Å². The highest BCUT2D eigenvalue weighted by molar-refractivity contribution is 7.52. The number of benzene rings is 2. The van der Waals surface area contributed by atoms with Gasteiger partial charge in [0.2, 0.25) is 11.7 Å². The number of hydrogen-bond donors (Lipinski definition) is 3.